The Hall–Kier alpha value is -2.30. The van der Waals surface area contributed by atoms with Crippen LogP contribution >= 0.6 is 0 Å². The molecule has 0 amide bonds. The first-order valence-corrected chi connectivity index (χ1v) is 10.7. The number of benzene rings is 2. The van der Waals surface area contributed by atoms with E-state index in [1.807, 2.05) is 0 Å². The topological polar surface area (TPSA) is 58.7 Å². The van der Waals surface area contributed by atoms with Gasteiger partial charge in [-0.25, -0.2) is 22.0 Å². The van der Waals surface area contributed by atoms with E-state index in [1.54, 1.807) is 6.92 Å². The minimum absolute atomic E-state index is 0.00170. The van der Waals surface area contributed by atoms with E-state index < -0.39 is 27.1 Å². The smallest absolute Gasteiger partial charge is 0.196 e. The third-order valence-corrected chi connectivity index (χ3v) is 7.19. The molecule has 1 fully saturated rings. The minimum atomic E-state index is -3.62. The number of nitrogens with zero attached hydrogens (tertiary/aromatic N) is 1. The average Bonchev–Trinajstić information content (AvgIpc) is 2.63. The van der Waals surface area contributed by atoms with Crippen molar-refractivity contribution in [3.05, 3.63) is 59.4 Å². The molecule has 0 radical (unpaired) electrons. The molecule has 0 unspecified atom stereocenters. The molecule has 1 aliphatic carbocycles. The quantitative estimate of drug-likeness (QED) is 0.737. The van der Waals surface area contributed by atoms with Gasteiger partial charge < -0.3 is 5.11 Å². The Morgan fingerprint density at radius 3 is 2.39 bits per heavy atom. The summed E-state index contributed by atoms with van der Waals surface area (Å²) in [5.74, 6) is -1.63. The SMILES string of the molecule is [C-]#[N+]c1cc(S(=O)(=O)CC2CCC(C)(O)CC2)ccc1-c1ccc(F)cc1F. The first-order valence-electron chi connectivity index (χ1n) is 9.03. The second kappa shape index (κ2) is 7.61. The van der Waals surface area contributed by atoms with Crippen LogP contribution in [0, 0.1) is 24.1 Å². The van der Waals surface area contributed by atoms with Crippen LogP contribution in [0.4, 0.5) is 14.5 Å². The lowest BCUT2D eigenvalue weighted by atomic mass is 9.81. The number of aliphatic hydroxyl groups is 1. The fraction of sp³-hybridized carbons (Fsp3) is 0.381. The van der Waals surface area contributed by atoms with Crippen molar-refractivity contribution >= 4 is 15.5 Å². The van der Waals surface area contributed by atoms with Gasteiger partial charge in [-0.1, -0.05) is 6.07 Å². The van der Waals surface area contributed by atoms with Crippen molar-refractivity contribution in [2.45, 2.75) is 43.1 Å². The van der Waals surface area contributed by atoms with E-state index in [-0.39, 0.29) is 33.4 Å². The largest absolute Gasteiger partial charge is 0.390 e. The van der Waals surface area contributed by atoms with Gasteiger partial charge in [0, 0.05) is 11.6 Å². The second-order valence-electron chi connectivity index (χ2n) is 7.64. The van der Waals surface area contributed by atoms with Crippen molar-refractivity contribution in [1.82, 2.24) is 0 Å². The molecule has 2 aromatic rings. The van der Waals surface area contributed by atoms with E-state index >= 15 is 0 Å². The van der Waals surface area contributed by atoms with Crippen molar-refractivity contribution < 1.29 is 22.3 Å². The van der Waals surface area contributed by atoms with Crippen LogP contribution in [-0.4, -0.2) is 24.9 Å². The third kappa shape index (κ3) is 4.40. The standard InChI is InChI=1S/C21H21F2NO3S/c1-21(25)9-7-14(8-10-21)13-28(26,27)16-4-6-18(20(12-16)24-2)17-5-3-15(22)11-19(17)23/h3-6,11-12,14,25H,7-10,13H2,1H3. The van der Waals surface area contributed by atoms with Crippen molar-refractivity contribution in [2.75, 3.05) is 5.75 Å². The summed E-state index contributed by atoms with van der Waals surface area (Å²) in [5.41, 5.74) is -0.470. The Labute approximate surface area is 163 Å². The van der Waals surface area contributed by atoms with E-state index in [0.717, 1.165) is 12.1 Å². The van der Waals surface area contributed by atoms with Crippen LogP contribution in [0.1, 0.15) is 32.6 Å². The van der Waals surface area contributed by atoms with Gasteiger partial charge in [-0.2, -0.15) is 0 Å². The molecule has 0 bridgehead atoms. The summed E-state index contributed by atoms with van der Waals surface area (Å²) in [7, 11) is -3.62. The Kier molecular flexibility index (Phi) is 5.55. The van der Waals surface area contributed by atoms with E-state index in [1.165, 1.54) is 24.3 Å². The Morgan fingerprint density at radius 2 is 1.79 bits per heavy atom. The predicted octanol–water partition coefficient (Wildman–Crippen LogP) is 4.90. The van der Waals surface area contributed by atoms with Gasteiger partial charge in [-0.15, -0.1) is 0 Å². The lowest BCUT2D eigenvalue weighted by molar-refractivity contribution is 0.0108. The average molecular weight is 405 g/mol. The van der Waals surface area contributed by atoms with Gasteiger partial charge in [0.15, 0.2) is 15.5 Å². The first kappa shape index (κ1) is 20.4. The zero-order valence-corrected chi connectivity index (χ0v) is 16.3. The predicted molar refractivity (Wildman–Crippen MR) is 103 cm³/mol. The molecule has 0 atom stereocenters. The molecule has 0 spiro atoms. The molecule has 1 N–H and O–H groups in total. The fourth-order valence-electron chi connectivity index (χ4n) is 3.61. The highest BCUT2D eigenvalue weighted by molar-refractivity contribution is 7.91. The second-order valence-corrected chi connectivity index (χ2v) is 9.67. The molecule has 4 nitrogen and oxygen atoms in total. The maximum absolute atomic E-state index is 14.1. The van der Waals surface area contributed by atoms with Crippen LogP contribution in [0.5, 0.6) is 0 Å². The summed E-state index contributed by atoms with van der Waals surface area (Å²) in [6, 6.07) is 7.06. The highest BCUT2D eigenvalue weighted by Gasteiger charge is 2.31. The molecule has 0 aromatic heterocycles. The molecule has 28 heavy (non-hydrogen) atoms. The summed E-state index contributed by atoms with van der Waals surface area (Å²) < 4.78 is 52.8. The molecule has 1 aliphatic rings. The zero-order valence-electron chi connectivity index (χ0n) is 15.5. The molecule has 0 saturated heterocycles. The van der Waals surface area contributed by atoms with Gasteiger partial charge in [0.2, 0.25) is 0 Å². The number of hydrogen-bond donors (Lipinski definition) is 1. The lowest BCUT2D eigenvalue weighted by Gasteiger charge is -2.32. The van der Waals surface area contributed by atoms with Crippen molar-refractivity contribution in [3.63, 3.8) is 0 Å². The van der Waals surface area contributed by atoms with Crippen LogP contribution in [0.25, 0.3) is 16.0 Å². The summed E-state index contributed by atoms with van der Waals surface area (Å²) >= 11 is 0. The van der Waals surface area contributed by atoms with Gasteiger partial charge in [-0.3, -0.25) is 0 Å². The molecule has 3 rings (SSSR count). The molecule has 0 heterocycles. The molecule has 7 heteroatoms. The summed E-state index contributed by atoms with van der Waals surface area (Å²) in [6.07, 6.45) is 2.37. The summed E-state index contributed by atoms with van der Waals surface area (Å²) in [6.45, 7) is 9.11. The molecule has 1 saturated carbocycles. The van der Waals surface area contributed by atoms with Crippen LogP contribution < -0.4 is 0 Å². The van der Waals surface area contributed by atoms with Crippen molar-refractivity contribution in [3.8, 4) is 11.1 Å². The van der Waals surface area contributed by atoms with Gasteiger partial charge in [0.05, 0.1) is 22.8 Å². The highest BCUT2D eigenvalue weighted by atomic mass is 32.2. The fourth-order valence-corrected chi connectivity index (χ4v) is 5.32. The van der Waals surface area contributed by atoms with Gasteiger partial charge in [0.25, 0.3) is 0 Å². The van der Waals surface area contributed by atoms with Crippen molar-refractivity contribution in [1.29, 1.82) is 0 Å². The van der Waals surface area contributed by atoms with Gasteiger partial charge in [-0.05, 0) is 68.4 Å². The highest BCUT2D eigenvalue weighted by Crippen LogP contribution is 2.37. The Balaban J connectivity index is 1.88. The molecular formula is C21H21F2NO3S. The molecular weight excluding hydrogens is 384 g/mol. The van der Waals surface area contributed by atoms with Crippen LogP contribution in [0.2, 0.25) is 0 Å². The maximum Gasteiger partial charge on any atom is 0.196 e. The lowest BCUT2D eigenvalue weighted by Crippen LogP contribution is -2.32. The van der Waals surface area contributed by atoms with E-state index in [0.29, 0.717) is 25.7 Å². The number of rotatable bonds is 4. The zero-order chi connectivity index (χ0) is 20.5. The summed E-state index contributed by atoms with van der Waals surface area (Å²) in [4.78, 5) is 3.36. The third-order valence-electron chi connectivity index (χ3n) is 5.31. The Morgan fingerprint density at radius 1 is 1.14 bits per heavy atom. The summed E-state index contributed by atoms with van der Waals surface area (Å²) in [5, 5.41) is 10.0. The molecule has 2 aromatic carbocycles. The number of hydrogen-bond acceptors (Lipinski definition) is 3. The number of sulfone groups is 1. The van der Waals surface area contributed by atoms with E-state index in [4.69, 9.17) is 6.57 Å². The molecule has 148 valence electrons. The van der Waals surface area contributed by atoms with E-state index in [2.05, 4.69) is 4.85 Å². The molecule has 0 aliphatic heterocycles. The van der Waals surface area contributed by atoms with Crippen molar-refractivity contribution in [2.24, 2.45) is 5.92 Å². The van der Waals surface area contributed by atoms with Gasteiger partial charge in [0.1, 0.15) is 11.6 Å². The van der Waals surface area contributed by atoms with Crippen LogP contribution in [-0.2, 0) is 9.84 Å². The van der Waals surface area contributed by atoms with Gasteiger partial charge >= 0.3 is 0 Å². The Bertz CT molecular complexity index is 1030. The van der Waals surface area contributed by atoms with Crippen LogP contribution in [0.15, 0.2) is 41.3 Å². The number of halogens is 2. The monoisotopic (exact) mass is 405 g/mol. The van der Waals surface area contributed by atoms with Crippen LogP contribution in [0.3, 0.4) is 0 Å². The van der Waals surface area contributed by atoms with E-state index in [9.17, 15) is 22.3 Å². The first-order chi connectivity index (χ1) is 13.1. The minimum Gasteiger partial charge on any atom is -0.390 e. The normalized spacial score (nSPS) is 22.6. The maximum atomic E-state index is 14.1.